The first-order valence-electron chi connectivity index (χ1n) is 5.41. The van der Waals surface area contributed by atoms with Crippen molar-refractivity contribution in [3.63, 3.8) is 0 Å². The number of hydrogen-bond donors (Lipinski definition) is 1. The van der Waals surface area contributed by atoms with Crippen molar-refractivity contribution in [2.45, 2.75) is 37.6 Å². The van der Waals surface area contributed by atoms with Gasteiger partial charge in [-0.15, -0.1) is 0 Å². The average Bonchev–Trinajstić information content (AvgIpc) is 2.16. The van der Waals surface area contributed by atoms with Crippen LogP contribution in [-0.2, 0) is 9.84 Å². The monoisotopic (exact) mass is 241 g/mol. The zero-order chi connectivity index (χ0) is 12.3. The second kappa shape index (κ2) is 4.97. The average molecular weight is 241 g/mol. The molecule has 1 aromatic carbocycles. The molecule has 3 nitrogen and oxygen atoms in total. The minimum Gasteiger partial charge on any atom is -0.327 e. The summed E-state index contributed by atoms with van der Waals surface area (Å²) < 4.78 is 23.9. The van der Waals surface area contributed by atoms with Crippen molar-refractivity contribution in [3.05, 3.63) is 29.8 Å². The lowest BCUT2D eigenvalue weighted by atomic mass is 10.0. The fraction of sp³-hybridized carbons (Fsp3) is 0.500. The molecule has 0 saturated heterocycles. The Morgan fingerprint density at radius 3 is 2.38 bits per heavy atom. The number of nitrogens with two attached hydrogens (primary N) is 1. The molecule has 0 aliphatic rings. The number of rotatable bonds is 4. The maximum absolute atomic E-state index is 11.9. The number of hydrogen-bond acceptors (Lipinski definition) is 3. The minimum atomic E-state index is -3.24. The molecule has 16 heavy (non-hydrogen) atoms. The molecule has 0 unspecified atom stereocenters. The van der Waals surface area contributed by atoms with Crippen LogP contribution in [0.1, 0.15) is 32.3 Å². The van der Waals surface area contributed by atoms with Crippen LogP contribution in [0.3, 0.4) is 0 Å². The van der Waals surface area contributed by atoms with Gasteiger partial charge in [0.25, 0.3) is 0 Å². The van der Waals surface area contributed by atoms with Crippen LogP contribution in [0.5, 0.6) is 0 Å². The van der Waals surface area contributed by atoms with Crippen LogP contribution in [0.15, 0.2) is 29.2 Å². The quantitative estimate of drug-likeness (QED) is 0.876. The van der Waals surface area contributed by atoms with Crippen molar-refractivity contribution in [1.29, 1.82) is 0 Å². The highest BCUT2D eigenvalue weighted by molar-refractivity contribution is 7.91. The van der Waals surface area contributed by atoms with Gasteiger partial charge in [0, 0.05) is 6.04 Å². The Morgan fingerprint density at radius 2 is 1.88 bits per heavy atom. The fourth-order valence-electron chi connectivity index (χ4n) is 1.51. The van der Waals surface area contributed by atoms with E-state index >= 15 is 0 Å². The van der Waals surface area contributed by atoms with Gasteiger partial charge in [0.2, 0.25) is 0 Å². The zero-order valence-corrected chi connectivity index (χ0v) is 10.8. The maximum atomic E-state index is 11.9. The minimum absolute atomic E-state index is 0.00541. The summed E-state index contributed by atoms with van der Waals surface area (Å²) >= 11 is 0. The summed E-state index contributed by atoms with van der Waals surface area (Å²) in [5, 5.41) is 0. The molecular weight excluding hydrogens is 222 g/mol. The molecule has 0 bridgehead atoms. The van der Waals surface area contributed by atoms with Crippen LogP contribution in [0, 0.1) is 0 Å². The van der Waals surface area contributed by atoms with Gasteiger partial charge < -0.3 is 5.73 Å². The predicted molar refractivity (Wildman–Crippen MR) is 66.2 cm³/mol. The van der Waals surface area contributed by atoms with E-state index in [9.17, 15) is 8.42 Å². The molecule has 0 aromatic heterocycles. The molecule has 0 saturated carbocycles. The standard InChI is InChI=1S/C12H19NO2S/c1-9(2)11-5-4-6-12(7-11)16(14,15)8-10(3)13/h4-7,9-10H,8,13H2,1-3H3/t10-/m0/s1. The van der Waals surface area contributed by atoms with Gasteiger partial charge in [0.1, 0.15) is 0 Å². The van der Waals surface area contributed by atoms with Crippen molar-refractivity contribution in [3.8, 4) is 0 Å². The third-order valence-corrected chi connectivity index (χ3v) is 4.30. The Balaban J connectivity index is 3.09. The molecule has 1 atom stereocenters. The van der Waals surface area contributed by atoms with E-state index in [1.165, 1.54) is 0 Å². The summed E-state index contributed by atoms with van der Waals surface area (Å²) in [6.07, 6.45) is 0. The predicted octanol–water partition coefficient (Wildman–Crippen LogP) is 1.93. The first-order chi connectivity index (χ1) is 7.33. The summed E-state index contributed by atoms with van der Waals surface area (Å²) in [4.78, 5) is 0.371. The lowest BCUT2D eigenvalue weighted by molar-refractivity contribution is 0.590. The summed E-state index contributed by atoms with van der Waals surface area (Å²) in [7, 11) is -3.24. The Bertz CT molecular complexity index is 450. The van der Waals surface area contributed by atoms with Gasteiger partial charge in [-0.25, -0.2) is 8.42 Å². The van der Waals surface area contributed by atoms with E-state index in [0.717, 1.165) is 5.56 Å². The van der Waals surface area contributed by atoms with Gasteiger partial charge in [-0.2, -0.15) is 0 Å². The van der Waals surface area contributed by atoms with Crippen LogP contribution >= 0.6 is 0 Å². The van der Waals surface area contributed by atoms with Crippen LogP contribution in [0.4, 0.5) is 0 Å². The van der Waals surface area contributed by atoms with Gasteiger partial charge in [-0.05, 0) is 30.5 Å². The molecule has 2 N–H and O–H groups in total. The van der Waals surface area contributed by atoms with Gasteiger partial charge in [-0.3, -0.25) is 0 Å². The topological polar surface area (TPSA) is 60.2 Å². The van der Waals surface area contributed by atoms with Crippen molar-refractivity contribution in [2.24, 2.45) is 5.73 Å². The highest BCUT2D eigenvalue weighted by Gasteiger charge is 2.17. The highest BCUT2D eigenvalue weighted by Crippen LogP contribution is 2.19. The van der Waals surface area contributed by atoms with E-state index in [0.29, 0.717) is 10.8 Å². The van der Waals surface area contributed by atoms with Crippen LogP contribution in [-0.4, -0.2) is 20.2 Å². The fourth-order valence-corrected chi connectivity index (χ4v) is 3.00. The molecule has 0 aliphatic carbocycles. The van der Waals surface area contributed by atoms with E-state index in [1.54, 1.807) is 25.1 Å². The first-order valence-corrected chi connectivity index (χ1v) is 7.06. The van der Waals surface area contributed by atoms with Crippen molar-refractivity contribution in [2.75, 3.05) is 5.75 Å². The lowest BCUT2D eigenvalue weighted by Crippen LogP contribution is -2.26. The molecule has 90 valence electrons. The van der Waals surface area contributed by atoms with E-state index in [1.807, 2.05) is 19.9 Å². The molecule has 0 aliphatic heterocycles. The van der Waals surface area contributed by atoms with E-state index in [2.05, 4.69) is 0 Å². The van der Waals surface area contributed by atoms with Crippen molar-refractivity contribution >= 4 is 9.84 Å². The molecule has 1 aromatic rings. The van der Waals surface area contributed by atoms with Crippen LogP contribution in [0.2, 0.25) is 0 Å². The third kappa shape index (κ3) is 3.32. The number of benzene rings is 1. The van der Waals surface area contributed by atoms with Gasteiger partial charge in [0.05, 0.1) is 10.6 Å². The zero-order valence-electron chi connectivity index (χ0n) is 9.97. The van der Waals surface area contributed by atoms with Crippen LogP contribution in [0.25, 0.3) is 0 Å². The van der Waals surface area contributed by atoms with Gasteiger partial charge in [0.15, 0.2) is 9.84 Å². The van der Waals surface area contributed by atoms with Crippen molar-refractivity contribution in [1.82, 2.24) is 0 Å². The molecular formula is C12H19NO2S. The summed E-state index contributed by atoms with van der Waals surface area (Å²) in [6.45, 7) is 5.78. The SMILES string of the molecule is CC(C)c1cccc(S(=O)(=O)C[C@H](C)N)c1. The summed E-state index contributed by atoms with van der Waals surface area (Å²) in [5.41, 5.74) is 6.57. The Labute approximate surface area is 97.6 Å². The molecule has 0 heterocycles. The molecule has 0 fully saturated rings. The van der Waals surface area contributed by atoms with Gasteiger partial charge >= 0.3 is 0 Å². The number of sulfone groups is 1. The third-order valence-electron chi connectivity index (χ3n) is 2.37. The van der Waals surface area contributed by atoms with E-state index in [4.69, 9.17) is 5.73 Å². The second-order valence-corrected chi connectivity index (χ2v) is 6.52. The Kier molecular flexibility index (Phi) is 4.10. The van der Waals surface area contributed by atoms with Crippen molar-refractivity contribution < 1.29 is 8.42 Å². The molecule has 1 rings (SSSR count). The molecule has 4 heteroatoms. The second-order valence-electron chi connectivity index (χ2n) is 4.49. The molecule has 0 radical (unpaired) electrons. The summed E-state index contributed by atoms with van der Waals surface area (Å²) in [5.74, 6) is 0.319. The van der Waals surface area contributed by atoms with Gasteiger partial charge in [-0.1, -0.05) is 26.0 Å². The van der Waals surface area contributed by atoms with E-state index in [-0.39, 0.29) is 11.8 Å². The first kappa shape index (κ1) is 13.2. The molecule has 0 spiro atoms. The molecule has 0 amide bonds. The lowest BCUT2D eigenvalue weighted by Gasteiger charge is -2.10. The normalized spacial score (nSPS) is 14.1. The Morgan fingerprint density at radius 1 is 1.25 bits per heavy atom. The maximum Gasteiger partial charge on any atom is 0.179 e. The van der Waals surface area contributed by atoms with Crippen LogP contribution < -0.4 is 5.73 Å². The highest BCUT2D eigenvalue weighted by atomic mass is 32.2. The smallest absolute Gasteiger partial charge is 0.179 e. The summed E-state index contributed by atoms with van der Waals surface area (Å²) in [6, 6.07) is 6.75. The Hall–Kier alpha value is -0.870. The van der Waals surface area contributed by atoms with E-state index < -0.39 is 9.84 Å². The largest absolute Gasteiger partial charge is 0.327 e.